The lowest BCUT2D eigenvalue weighted by Gasteiger charge is -2.17. The number of pyridine rings is 1. The second-order valence-electron chi connectivity index (χ2n) is 6.22. The highest BCUT2D eigenvalue weighted by Crippen LogP contribution is 2.31. The fourth-order valence-electron chi connectivity index (χ4n) is 2.61. The number of amides is 2. The third-order valence-corrected chi connectivity index (χ3v) is 4.35. The predicted molar refractivity (Wildman–Crippen MR) is 111 cm³/mol. The summed E-state index contributed by atoms with van der Waals surface area (Å²) in [4.78, 5) is 27.7. The number of hydrogen-bond acceptors (Lipinski definition) is 3. The number of carboxylic acid groups (broad SMARTS) is 1. The summed E-state index contributed by atoms with van der Waals surface area (Å²) < 4.78 is 0. The number of nitrogens with zero attached hydrogens (tertiary/aromatic N) is 1. The Labute approximate surface area is 168 Å². The van der Waals surface area contributed by atoms with E-state index in [0.29, 0.717) is 22.8 Å². The third-order valence-electron chi connectivity index (χ3n) is 4.14. The zero-order valence-corrected chi connectivity index (χ0v) is 16.2. The summed E-state index contributed by atoms with van der Waals surface area (Å²) >= 11 is 6.06. The molecule has 0 aliphatic carbocycles. The lowest BCUT2D eigenvalue weighted by Crippen LogP contribution is -2.26. The molecule has 0 saturated carbocycles. The molecule has 2 atom stereocenters. The molecule has 7 heteroatoms. The van der Waals surface area contributed by atoms with E-state index in [1.807, 2.05) is 18.2 Å². The molecule has 0 aliphatic heterocycles. The first-order valence-electron chi connectivity index (χ1n) is 8.65. The van der Waals surface area contributed by atoms with Gasteiger partial charge in [-0.05, 0) is 24.1 Å². The Morgan fingerprint density at radius 2 is 2.07 bits per heavy atom. The maximum absolute atomic E-state index is 12.3. The molecule has 2 amide bonds. The van der Waals surface area contributed by atoms with Crippen LogP contribution in [-0.2, 0) is 4.79 Å². The number of halogens is 1. The van der Waals surface area contributed by atoms with E-state index in [4.69, 9.17) is 16.7 Å². The van der Waals surface area contributed by atoms with Crippen molar-refractivity contribution in [3.05, 3.63) is 72.4 Å². The normalized spacial score (nSPS) is 12.5. The van der Waals surface area contributed by atoms with Crippen LogP contribution < -0.4 is 10.6 Å². The summed E-state index contributed by atoms with van der Waals surface area (Å²) in [6.07, 6.45) is 4.01. The van der Waals surface area contributed by atoms with Gasteiger partial charge in [-0.15, -0.1) is 13.2 Å². The number of carbonyl (C=O) groups excluding carboxylic acids is 1. The summed E-state index contributed by atoms with van der Waals surface area (Å²) in [5.74, 6) is -0.608. The first-order valence-corrected chi connectivity index (χ1v) is 9.03. The van der Waals surface area contributed by atoms with Gasteiger partial charge >= 0.3 is 6.09 Å². The fourth-order valence-corrected chi connectivity index (χ4v) is 2.77. The van der Waals surface area contributed by atoms with Crippen molar-refractivity contribution in [2.75, 3.05) is 5.32 Å². The van der Waals surface area contributed by atoms with Crippen molar-refractivity contribution in [2.45, 2.75) is 19.4 Å². The number of aromatic nitrogens is 1. The molecular formula is C21H22ClN3O3. The smallest absolute Gasteiger partial charge is 0.405 e. The van der Waals surface area contributed by atoms with E-state index in [1.54, 1.807) is 31.2 Å². The van der Waals surface area contributed by atoms with Crippen LogP contribution >= 0.6 is 11.6 Å². The van der Waals surface area contributed by atoms with Crippen LogP contribution in [0.1, 0.15) is 24.9 Å². The summed E-state index contributed by atoms with van der Waals surface area (Å²) in [6, 6.07) is 8.47. The van der Waals surface area contributed by atoms with Gasteiger partial charge < -0.3 is 15.7 Å². The SMILES string of the molecule is C=CCC(NC(=O)O)c1cccc(-c2ncc(Cl)cc2NC(=O)C(C)C=C)c1. The quantitative estimate of drug-likeness (QED) is 0.542. The van der Waals surface area contributed by atoms with Crippen molar-refractivity contribution in [1.82, 2.24) is 10.3 Å². The van der Waals surface area contributed by atoms with Crippen molar-refractivity contribution in [3.8, 4) is 11.3 Å². The zero-order valence-electron chi connectivity index (χ0n) is 15.5. The highest BCUT2D eigenvalue weighted by atomic mass is 35.5. The molecule has 0 fully saturated rings. The first kappa shape index (κ1) is 21.2. The Morgan fingerprint density at radius 3 is 2.71 bits per heavy atom. The average molecular weight is 400 g/mol. The van der Waals surface area contributed by atoms with Crippen molar-refractivity contribution in [2.24, 2.45) is 5.92 Å². The molecule has 6 nitrogen and oxygen atoms in total. The standard InChI is InChI=1S/C21H22ClN3O3/c1-4-7-17(25-21(27)28)14-8-6-9-15(10-14)19-18(11-16(22)12-23-19)24-20(26)13(3)5-2/h4-6,8-13,17,25H,1-2,7H2,3H3,(H,24,26)(H,27,28). The molecule has 1 heterocycles. The van der Waals surface area contributed by atoms with Crippen LogP contribution in [0.2, 0.25) is 5.02 Å². The van der Waals surface area contributed by atoms with Gasteiger partial charge in [0, 0.05) is 11.8 Å². The van der Waals surface area contributed by atoms with Crippen LogP contribution in [0.4, 0.5) is 10.5 Å². The van der Waals surface area contributed by atoms with Crippen LogP contribution in [0.3, 0.4) is 0 Å². The van der Waals surface area contributed by atoms with E-state index >= 15 is 0 Å². The second kappa shape index (κ2) is 9.71. The van der Waals surface area contributed by atoms with E-state index in [9.17, 15) is 9.59 Å². The van der Waals surface area contributed by atoms with Gasteiger partial charge in [-0.25, -0.2) is 4.79 Å². The van der Waals surface area contributed by atoms with E-state index < -0.39 is 12.1 Å². The Hall–Kier alpha value is -3.12. The van der Waals surface area contributed by atoms with Crippen LogP contribution in [0.25, 0.3) is 11.3 Å². The lowest BCUT2D eigenvalue weighted by molar-refractivity contribution is -0.118. The molecule has 28 heavy (non-hydrogen) atoms. The van der Waals surface area contributed by atoms with Crippen molar-refractivity contribution in [1.29, 1.82) is 0 Å². The molecular weight excluding hydrogens is 378 g/mol. The van der Waals surface area contributed by atoms with E-state index in [-0.39, 0.29) is 11.8 Å². The van der Waals surface area contributed by atoms with Gasteiger partial charge in [0.2, 0.25) is 5.91 Å². The van der Waals surface area contributed by atoms with Gasteiger partial charge in [0.15, 0.2) is 0 Å². The topological polar surface area (TPSA) is 91.3 Å². The highest BCUT2D eigenvalue weighted by molar-refractivity contribution is 6.31. The number of nitrogens with one attached hydrogen (secondary N) is 2. The number of hydrogen-bond donors (Lipinski definition) is 3. The molecule has 0 bridgehead atoms. The maximum atomic E-state index is 12.3. The summed E-state index contributed by atoms with van der Waals surface area (Å²) in [6.45, 7) is 9.04. The molecule has 2 unspecified atom stereocenters. The van der Waals surface area contributed by atoms with Gasteiger partial charge in [0.05, 0.1) is 28.4 Å². The largest absolute Gasteiger partial charge is 0.465 e. The highest BCUT2D eigenvalue weighted by Gasteiger charge is 2.17. The zero-order chi connectivity index (χ0) is 20.7. The molecule has 0 spiro atoms. The van der Waals surface area contributed by atoms with Crippen LogP contribution in [0.5, 0.6) is 0 Å². The van der Waals surface area contributed by atoms with E-state index in [1.165, 1.54) is 6.20 Å². The van der Waals surface area contributed by atoms with Gasteiger partial charge in [-0.3, -0.25) is 9.78 Å². The summed E-state index contributed by atoms with van der Waals surface area (Å²) in [7, 11) is 0. The minimum Gasteiger partial charge on any atom is -0.465 e. The van der Waals surface area contributed by atoms with Gasteiger partial charge in [0.1, 0.15) is 0 Å². The first-order chi connectivity index (χ1) is 13.3. The molecule has 0 radical (unpaired) electrons. The minimum absolute atomic E-state index is 0.228. The Bertz CT molecular complexity index is 898. The van der Waals surface area contributed by atoms with Gasteiger partial charge in [0.25, 0.3) is 0 Å². The molecule has 3 N–H and O–H groups in total. The Balaban J connectivity index is 2.44. The maximum Gasteiger partial charge on any atom is 0.405 e. The monoisotopic (exact) mass is 399 g/mol. The van der Waals surface area contributed by atoms with Crippen LogP contribution in [0, 0.1) is 5.92 Å². The number of benzene rings is 1. The van der Waals surface area contributed by atoms with Crippen LogP contribution in [0.15, 0.2) is 61.8 Å². The molecule has 1 aromatic heterocycles. The Morgan fingerprint density at radius 1 is 1.32 bits per heavy atom. The van der Waals surface area contributed by atoms with Crippen molar-refractivity contribution < 1.29 is 14.7 Å². The predicted octanol–water partition coefficient (Wildman–Crippen LogP) is 5.05. The summed E-state index contributed by atoms with van der Waals surface area (Å²) in [5, 5.41) is 14.8. The average Bonchev–Trinajstić information content (AvgIpc) is 2.67. The second-order valence-corrected chi connectivity index (χ2v) is 6.65. The molecule has 2 aromatic rings. The van der Waals surface area contributed by atoms with Crippen molar-refractivity contribution >= 4 is 29.3 Å². The van der Waals surface area contributed by atoms with E-state index in [2.05, 4.69) is 28.8 Å². The molecule has 1 aromatic carbocycles. The Kier molecular flexibility index (Phi) is 7.35. The van der Waals surface area contributed by atoms with E-state index in [0.717, 1.165) is 11.1 Å². The minimum atomic E-state index is -1.12. The lowest BCUT2D eigenvalue weighted by atomic mass is 9.99. The molecule has 0 saturated heterocycles. The van der Waals surface area contributed by atoms with Gasteiger partial charge in [-0.1, -0.05) is 48.9 Å². The van der Waals surface area contributed by atoms with Crippen LogP contribution in [-0.4, -0.2) is 22.1 Å². The molecule has 0 aliphatic rings. The summed E-state index contributed by atoms with van der Waals surface area (Å²) in [5.41, 5.74) is 2.48. The third kappa shape index (κ3) is 5.44. The van der Waals surface area contributed by atoms with Gasteiger partial charge in [-0.2, -0.15) is 0 Å². The number of anilines is 1. The number of carbonyl (C=O) groups is 2. The molecule has 2 rings (SSSR count). The number of rotatable bonds is 8. The van der Waals surface area contributed by atoms with Crippen molar-refractivity contribution in [3.63, 3.8) is 0 Å². The molecule has 146 valence electrons. The fraction of sp³-hybridized carbons (Fsp3) is 0.190.